The first-order chi connectivity index (χ1) is 11.2. The third-order valence-corrected chi connectivity index (χ3v) is 5.53. The molecule has 1 aliphatic heterocycles. The van der Waals surface area contributed by atoms with Gasteiger partial charge in [-0.3, -0.25) is 4.90 Å². The van der Waals surface area contributed by atoms with Crippen LogP contribution in [-0.4, -0.2) is 27.5 Å². The highest BCUT2D eigenvalue weighted by Gasteiger charge is 2.20. The van der Waals surface area contributed by atoms with E-state index in [0.29, 0.717) is 23.4 Å². The van der Waals surface area contributed by atoms with Gasteiger partial charge in [0.25, 0.3) is 0 Å². The summed E-state index contributed by atoms with van der Waals surface area (Å²) in [5.74, 6) is 1.73. The fourth-order valence-corrected chi connectivity index (χ4v) is 4.24. The summed E-state index contributed by atoms with van der Waals surface area (Å²) < 4.78 is 5.38. The van der Waals surface area contributed by atoms with Gasteiger partial charge in [0.15, 0.2) is 11.6 Å². The number of thiophene rings is 1. The molecule has 6 heteroatoms. The van der Waals surface area contributed by atoms with Gasteiger partial charge in [-0.2, -0.15) is 0 Å². The minimum Gasteiger partial charge on any atom is -0.461 e. The summed E-state index contributed by atoms with van der Waals surface area (Å²) in [6.07, 6.45) is 5.54. The Morgan fingerprint density at radius 3 is 3.09 bits per heavy atom. The van der Waals surface area contributed by atoms with Gasteiger partial charge in [-0.25, -0.2) is 9.97 Å². The number of nitrogen functional groups attached to an aromatic ring is 1. The van der Waals surface area contributed by atoms with Crippen molar-refractivity contribution in [2.45, 2.75) is 38.8 Å². The fraction of sp³-hybridized carbons (Fsp3) is 0.412. The second kappa shape index (κ2) is 5.94. The number of likely N-dealkylation sites (tertiary alicyclic amines) is 1. The summed E-state index contributed by atoms with van der Waals surface area (Å²) in [6, 6.07) is 6.47. The van der Waals surface area contributed by atoms with Crippen LogP contribution in [0.3, 0.4) is 0 Å². The van der Waals surface area contributed by atoms with E-state index in [1.807, 2.05) is 12.1 Å². The van der Waals surface area contributed by atoms with Gasteiger partial charge in [-0.05, 0) is 44.5 Å². The Balaban J connectivity index is 1.66. The van der Waals surface area contributed by atoms with E-state index in [1.165, 1.54) is 30.7 Å². The van der Waals surface area contributed by atoms with Gasteiger partial charge < -0.3 is 10.2 Å². The number of nitrogens with two attached hydrogens (primary N) is 1. The lowest BCUT2D eigenvalue weighted by molar-refractivity contribution is 0.154. The molecule has 1 fully saturated rings. The molecule has 0 bridgehead atoms. The Morgan fingerprint density at radius 1 is 1.39 bits per heavy atom. The largest absolute Gasteiger partial charge is 0.461 e. The molecule has 0 saturated carbocycles. The van der Waals surface area contributed by atoms with Crippen molar-refractivity contribution in [3.05, 3.63) is 29.3 Å². The van der Waals surface area contributed by atoms with E-state index in [-0.39, 0.29) is 0 Å². The number of anilines is 1. The number of rotatable bonds is 3. The average Bonchev–Trinajstić information content (AvgIpc) is 3.19. The van der Waals surface area contributed by atoms with Crippen LogP contribution in [0.1, 0.15) is 31.1 Å². The smallest absolute Gasteiger partial charge is 0.199 e. The van der Waals surface area contributed by atoms with Crippen LogP contribution in [0.25, 0.3) is 21.8 Å². The topological polar surface area (TPSA) is 68.2 Å². The first kappa shape index (κ1) is 14.7. The predicted molar refractivity (Wildman–Crippen MR) is 93.3 cm³/mol. The van der Waals surface area contributed by atoms with Gasteiger partial charge >= 0.3 is 0 Å². The van der Waals surface area contributed by atoms with E-state index >= 15 is 0 Å². The summed E-state index contributed by atoms with van der Waals surface area (Å²) in [7, 11) is 0. The van der Waals surface area contributed by atoms with Crippen molar-refractivity contribution in [2.75, 3.05) is 12.3 Å². The molecule has 5 nitrogen and oxygen atoms in total. The summed E-state index contributed by atoms with van der Waals surface area (Å²) >= 11 is 1.70. The van der Waals surface area contributed by atoms with E-state index in [4.69, 9.17) is 10.2 Å². The monoisotopic (exact) mass is 328 g/mol. The second-order valence-electron chi connectivity index (χ2n) is 6.16. The molecule has 1 atom stereocenters. The Morgan fingerprint density at radius 2 is 2.30 bits per heavy atom. The number of hydrogen-bond donors (Lipinski definition) is 1. The van der Waals surface area contributed by atoms with Crippen LogP contribution in [0.4, 0.5) is 5.82 Å². The third kappa shape index (κ3) is 2.84. The van der Waals surface area contributed by atoms with E-state index in [0.717, 1.165) is 16.8 Å². The molecule has 0 spiro atoms. The van der Waals surface area contributed by atoms with Gasteiger partial charge in [-0.1, -0.05) is 6.42 Å². The molecule has 4 heterocycles. The quantitative estimate of drug-likeness (QED) is 0.789. The Labute approximate surface area is 139 Å². The first-order valence-corrected chi connectivity index (χ1v) is 8.86. The highest BCUT2D eigenvalue weighted by Crippen LogP contribution is 2.31. The van der Waals surface area contributed by atoms with Gasteiger partial charge in [-0.15, -0.1) is 11.3 Å². The van der Waals surface area contributed by atoms with Crippen molar-refractivity contribution < 1.29 is 4.42 Å². The van der Waals surface area contributed by atoms with E-state index in [9.17, 15) is 0 Å². The molecule has 4 rings (SSSR count). The van der Waals surface area contributed by atoms with Crippen molar-refractivity contribution in [3.63, 3.8) is 0 Å². The van der Waals surface area contributed by atoms with E-state index < -0.39 is 0 Å². The number of fused-ring (bicyclic) bond motifs is 1. The van der Waals surface area contributed by atoms with Crippen LogP contribution in [0.5, 0.6) is 0 Å². The van der Waals surface area contributed by atoms with Gasteiger partial charge in [0.05, 0.1) is 11.6 Å². The lowest BCUT2D eigenvalue weighted by Crippen LogP contribution is -2.36. The van der Waals surface area contributed by atoms with Gasteiger partial charge in [0.1, 0.15) is 10.6 Å². The van der Waals surface area contributed by atoms with Crippen molar-refractivity contribution in [2.24, 2.45) is 0 Å². The molecule has 1 saturated heterocycles. The third-order valence-electron chi connectivity index (χ3n) is 4.51. The minimum absolute atomic E-state index is 0.524. The maximum atomic E-state index is 6.14. The molecule has 0 aliphatic carbocycles. The molecule has 23 heavy (non-hydrogen) atoms. The van der Waals surface area contributed by atoms with Crippen LogP contribution < -0.4 is 5.73 Å². The Bertz CT molecular complexity index is 811. The Kier molecular flexibility index (Phi) is 3.79. The van der Waals surface area contributed by atoms with Gasteiger partial charge in [0.2, 0.25) is 0 Å². The number of aromatic nitrogens is 2. The number of piperidine rings is 1. The molecule has 0 amide bonds. The van der Waals surface area contributed by atoms with Crippen molar-refractivity contribution >= 4 is 27.4 Å². The molecule has 3 aromatic heterocycles. The highest BCUT2D eigenvalue weighted by molar-refractivity contribution is 7.18. The lowest BCUT2D eigenvalue weighted by Gasteiger charge is -2.32. The summed E-state index contributed by atoms with van der Waals surface area (Å²) in [5, 5.41) is 0.949. The summed E-state index contributed by atoms with van der Waals surface area (Å²) in [6.45, 7) is 4.46. The lowest BCUT2D eigenvalue weighted by atomic mass is 10.0. The predicted octanol–water partition coefficient (Wildman–Crippen LogP) is 3.91. The molecular formula is C17H20N4OS. The molecule has 0 aromatic carbocycles. The second-order valence-corrected chi connectivity index (χ2v) is 7.27. The van der Waals surface area contributed by atoms with Crippen molar-refractivity contribution in [1.82, 2.24) is 14.9 Å². The maximum absolute atomic E-state index is 6.14. The minimum atomic E-state index is 0.524. The maximum Gasteiger partial charge on any atom is 0.199 e. The fourth-order valence-electron chi connectivity index (χ4n) is 3.18. The first-order valence-electron chi connectivity index (χ1n) is 8.04. The standard InChI is InChI=1S/C17H20N4OS/c1-11-5-2-3-7-21(11)10-12-9-13-15(18)19-16(20-17(13)23-12)14-6-4-8-22-14/h4,6,8-9,11H,2-3,5,7,10H2,1H3,(H2,18,19,20)/t11-/m0/s1. The SMILES string of the molecule is C[C@H]1CCCCN1Cc1cc2c(N)nc(-c3ccco3)nc2s1. The molecule has 1 aliphatic rings. The molecule has 0 unspecified atom stereocenters. The van der Waals surface area contributed by atoms with Crippen molar-refractivity contribution in [3.8, 4) is 11.6 Å². The summed E-state index contributed by atoms with van der Waals surface area (Å²) in [5.41, 5.74) is 6.14. The van der Waals surface area contributed by atoms with Crippen LogP contribution in [0.2, 0.25) is 0 Å². The van der Waals surface area contributed by atoms with Crippen LogP contribution in [0.15, 0.2) is 28.9 Å². The zero-order valence-electron chi connectivity index (χ0n) is 13.2. The zero-order valence-corrected chi connectivity index (χ0v) is 14.0. The van der Waals surface area contributed by atoms with Crippen molar-refractivity contribution in [1.29, 1.82) is 0 Å². The number of hydrogen-bond acceptors (Lipinski definition) is 6. The average molecular weight is 328 g/mol. The molecular weight excluding hydrogens is 308 g/mol. The molecule has 3 aromatic rings. The number of furan rings is 1. The Hall–Kier alpha value is -1.92. The van der Waals surface area contributed by atoms with Crippen LogP contribution in [0, 0.1) is 0 Å². The summed E-state index contributed by atoms with van der Waals surface area (Å²) in [4.78, 5) is 13.8. The van der Waals surface area contributed by atoms with Gasteiger partial charge in [0, 0.05) is 17.5 Å². The normalized spacial score (nSPS) is 19.4. The van der Waals surface area contributed by atoms with Crippen LogP contribution >= 0.6 is 11.3 Å². The van der Waals surface area contributed by atoms with Crippen LogP contribution in [-0.2, 0) is 6.54 Å². The zero-order chi connectivity index (χ0) is 15.8. The van der Waals surface area contributed by atoms with E-state index in [2.05, 4.69) is 27.9 Å². The van der Waals surface area contributed by atoms with E-state index in [1.54, 1.807) is 17.6 Å². The highest BCUT2D eigenvalue weighted by atomic mass is 32.1. The molecule has 2 N–H and O–H groups in total. The number of nitrogens with zero attached hydrogens (tertiary/aromatic N) is 3. The molecule has 0 radical (unpaired) electrons. The molecule has 120 valence electrons.